The van der Waals surface area contributed by atoms with Crippen LogP contribution < -0.4 is 4.74 Å². The molecule has 0 saturated carbocycles. The molecule has 2 aromatic rings. The van der Waals surface area contributed by atoms with Gasteiger partial charge < -0.3 is 28.4 Å². The molecule has 2 aliphatic rings. The van der Waals surface area contributed by atoms with Gasteiger partial charge in [0.1, 0.15) is 18.3 Å². The summed E-state index contributed by atoms with van der Waals surface area (Å²) >= 11 is 6.06. The molecule has 0 radical (unpaired) electrons. The van der Waals surface area contributed by atoms with Crippen LogP contribution in [0.2, 0.25) is 5.28 Å². The van der Waals surface area contributed by atoms with Gasteiger partial charge in [0.2, 0.25) is 17.0 Å². The van der Waals surface area contributed by atoms with E-state index in [4.69, 9.17) is 40.0 Å². The molecule has 2 saturated heterocycles. The van der Waals surface area contributed by atoms with Gasteiger partial charge in [-0.2, -0.15) is 9.97 Å². The van der Waals surface area contributed by atoms with Crippen molar-refractivity contribution < 1.29 is 37.8 Å². The molecular weight excluding hydrogens is 491 g/mol. The molecule has 5 atom stereocenters. The summed E-state index contributed by atoms with van der Waals surface area (Å²) in [4.78, 5) is 24.8. The van der Waals surface area contributed by atoms with Crippen LogP contribution in [0.5, 0.6) is 5.88 Å². The van der Waals surface area contributed by atoms with Crippen LogP contribution >= 0.6 is 20.1 Å². The predicted molar refractivity (Wildman–Crippen MR) is 118 cm³/mol. The van der Waals surface area contributed by atoms with Crippen LogP contribution in [-0.2, 0) is 33.0 Å². The van der Waals surface area contributed by atoms with E-state index in [1.54, 1.807) is 18.4 Å². The maximum atomic E-state index is 12.2. The molecule has 12 nitrogen and oxygen atoms in total. The van der Waals surface area contributed by atoms with Crippen molar-refractivity contribution in [1.82, 2.24) is 19.5 Å². The van der Waals surface area contributed by atoms with Crippen molar-refractivity contribution in [1.29, 1.82) is 0 Å². The third-order valence-corrected chi connectivity index (χ3v) is 6.13. The first-order chi connectivity index (χ1) is 16.3. The third kappa shape index (κ3) is 5.02. The first-order valence-corrected chi connectivity index (χ1v) is 12.1. The number of hydrogen-bond acceptors (Lipinski definition) is 11. The number of methoxy groups -OCH3 is 1. The smallest absolute Gasteiger partial charge is 0.347 e. The lowest BCUT2D eigenvalue weighted by molar-refractivity contribution is -0.203. The molecule has 2 aromatic heterocycles. The standard InChI is InChI=1S/C20H26ClN4O8P/c1-5-6-7-29-17(26)18(34-27)30-8-10-12-13(33-20(2,3)32-12)16(31-10)25-9-22-11-14(25)23-19(21)24-15(11)28-4/h9-10,12-13,16,18H,5-8H2,1-4H3/t10-,12-,13-,16-,18?/m1/s1. The Balaban J connectivity index is 1.54. The van der Waals surface area contributed by atoms with Gasteiger partial charge in [0, 0.05) is 0 Å². The summed E-state index contributed by atoms with van der Waals surface area (Å²) in [6.07, 6.45) is 0.705. The fourth-order valence-electron chi connectivity index (χ4n) is 3.93. The Morgan fingerprint density at radius 2 is 2.09 bits per heavy atom. The number of imidazole rings is 1. The van der Waals surface area contributed by atoms with E-state index < -0.39 is 50.6 Å². The number of hydrogen-bond donors (Lipinski definition) is 0. The highest BCUT2D eigenvalue weighted by atomic mass is 35.5. The van der Waals surface area contributed by atoms with Gasteiger partial charge in [-0.3, -0.25) is 9.13 Å². The third-order valence-electron chi connectivity index (χ3n) is 5.41. The van der Waals surface area contributed by atoms with Gasteiger partial charge in [-0.25, -0.2) is 9.78 Å². The second-order valence-electron chi connectivity index (χ2n) is 8.27. The molecule has 0 amide bonds. The topological polar surface area (TPSA) is 133 Å². The maximum Gasteiger partial charge on any atom is 0.347 e. The van der Waals surface area contributed by atoms with Crippen LogP contribution in [-0.4, -0.2) is 75.8 Å². The number of carbonyl (C=O) groups excluding carboxylic acids is 1. The lowest BCUT2D eigenvalue weighted by Crippen LogP contribution is -2.35. The minimum absolute atomic E-state index is 0.0108. The number of rotatable bonds is 10. The van der Waals surface area contributed by atoms with Crippen LogP contribution in [0.15, 0.2) is 6.33 Å². The van der Waals surface area contributed by atoms with E-state index in [0.29, 0.717) is 17.6 Å². The highest BCUT2D eigenvalue weighted by Gasteiger charge is 2.56. The van der Waals surface area contributed by atoms with Gasteiger partial charge in [-0.1, -0.05) is 13.3 Å². The quantitative estimate of drug-likeness (QED) is 0.200. The largest absolute Gasteiger partial charge is 0.479 e. The number of carbonyl (C=O) groups is 1. The molecule has 0 aliphatic carbocycles. The van der Waals surface area contributed by atoms with E-state index in [1.807, 2.05) is 6.92 Å². The van der Waals surface area contributed by atoms with E-state index in [9.17, 15) is 9.36 Å². The first kappa shape index (κ1) is 25.2. The van der Waals surface area contributed by atoms with Crippen molar-refractivity contribution in [3.05, 3.63) is 11.6 Å². The van der Waals surface area contributed by atoms with Crippen molar-refractivity contribution in [2.24, 2.45) is 0 Å². The molecule has 0 aromatic carbocycles. The summed E-state index contributed by atoms with van der Waals surface area (Å²) in [6.45, 7) is 5.72. The summed E-state index contributed by atoms with van der Waals surface area (Å²) in [5, 5.41) is -0.0108. The number of esters is 1. The summed E-state index contributed by atoms with van der Waals surface area (Å²) in [5.74, 6) is -2.62. The molecule has 1 unspecified atom stereocenters. The van der Waals surface area contributed by atoms with E-state index >= 15 is 0 Å². The zero-order valence-corrected chi connectivity index (χ0v) is 20.8. The second kappa shape index (κ2) is 10.3. The molecule has 2 fully saturated rings. The molecule has 4 rings (SSSR count). The Bertz CT molecular complexity index is 1050. The van der Waals surface area contributed by atoms with Crippen molar-refractivity contribution in [2.45, 2.75) is 69.8 Å². The van der Waals surface area contributed by atoms with Crippen LogP contribution in [0.25, 0.3) is 11.2 Å². The van der Waals surface area contributed by atoms with Crippen molar-refractivity contribution in [3.8, 4) is 5.88 Å². The van der Waals surface area contributed by atoms with Gasteiger partial charge in [-0.15, -0.1) is 0 Å². The summed E-state index contributed by atoms with van der Waals surface area (Å²) in [7, 11) is 0.956. The molecule has 186 valence electrons. The van der Waals surface area contributed by atoms with Gasteiger partial charge in [-0.05, 0) is 31.9 Å². The van der Waals surface area contributed by atoms with Gasteiger partial charge in [0.05, 0.1) is 26.7 Å². The fraction of sp³-hybridized carbons (Fsp3) is 0.700. The molecule has 0 bridgehead atoms. The van der Waals surface area contributed by atoms with Crippen LogP contribution in [0, 0.1) is 0 Å². The summed E-state index contributed by atoms with van der Waals surface area (Å²) < 4.78 is 47.5. The van der Waals surface area contributed by atoms with Gasteiger partial charge >= 0.3 is 5.97 Å². The predicted octanol–water partition coefficient (Wildman–Crippen LogP) is 2.88. The van der Waals surface area contributed by atoms with Crippen molar-refractivity contribution >= 4 is 37.2 Å². The highest BCUT2D eigenvalue weighted by molar-refractivity contribution is 7.26. The van der Waals surface area contributed by atoms with Crippen molar-refractivity contribution in [2.75, 3.05) is 20.3 Å². The highest BCUT2D eigenvalue weighted by Crippen LogP contribution is 2.44. The Labute approximate surface area is 202 Å². The van der Waals surface area contributed by atoms with Crippen LogP contribution in [0.1, 0.15) is 39.8 Å². The summed E-state index contributed by atoms with van der Waals surface area (Å²) in [6, 6.07) is 0. The molecule has 2 aliphatic heterocycles. The molecule has 0 N–H and O–H groups in total. The lowest BCUT2D eigenvalue weighted by atomic mass is 10.1. The zero-order chi connectivity index (χ0) is 24.5. The average molecular weight is 517 g/mol. The number of aromatic nitrogens is 4. The van der Waals surface area contributed by atoms with Crippen LogP contribution in [0.3, 0.4) is 0 Å². The average Bonchev–Trinajstić information content (AvgIpc) is 3.44. The van der Waals surface area contributed by atoms with Crippen LogP contribution in [0.4, 0.5) is 0 Å². The van der Waals surface area contributed by atoms with Gasteiger partial charge in [0.25, 0.3) is 0 Å². The summed E-state index contributed by atoms with van der Waals surface area (Å²) in [5.41, 5.74) is 0.802. The minimum atomic E-state index is -1.27. The second-order valence-corrected chi connectivity index (χ2v) is 9.29. The molecule has 0 spiro atoms. The molecule has 14 heteroatoms. The normalized spacial score (nSPS) is 26.6. The molecule has 4 heterocycles. The monoisotopic (exact) mass is 516 g/mol. The fourth-order valence-corrected chi connectivity index (χ4v) is 4.39. The zero-order valence-electron chi connectivity index (χ0n) is 19.2. The van der Waals surface area contributed by atoms with E-state index in [1.165, 1.54) is 13.4 Å². The minimum Gasteiger partial charge on any atom is -0.479 e. The number of nitrogens with zero attached hydrogens (tertiary/aromatic N) is 4. The maximum absolute atomic E-state index is 12.2. The Kier molecular flexibility index (Phi) is 7.66. The first-order valence-electron chi connectivity index (χ1n) is 10.8. The molecule has 34 heavy (non-hydrogen) atoms. The Morgan fingerprint density at radius 1 is 1.32 bits per heavy atom. The number of unbranched alkanes of at least 4 members (excludes halogenated alkanes) is 1. The van der Waals surface area contributed by atoms with Gasteiger partial charge in [0.15, 0.2) is 31.6 Å². The lowest BCUT2D eigenvalue weighted by Gasteiger charge is -2.25. The molecular formula is C20H26ClN4O8P. The number of fused-ring (bicyclic) bond motifs is 2. The van der Waals surface area contributed by atoms with E-state index in [0.717, 1.165) is 6.42 Å². The number of halogens is 1. The van der Waals surface area contributed by atoms with E-state index in [2.05, 4.69) is 15.0 Å². The Morgan fingerprint density at radius 3 is 2.79 bits per heavy atom. The SMILES string of the molecule is CCCCOC(=O)C(OC[C@H]1O[C@@H](n2cnc3c(OC)nc(Cl)nc32)[C@@H]2OC(C)(C)O[C@@H]21)P=O. The number of ether oxygens (including phenoxy) is 6. The van der Waals surface area contributed by atoms with Crippen molar-refractivity contribution in [3.63, 3.8) is 0 Å². The van der Waals surface area contributed by atoms with E-state index in [-0.39, 0.29) is 24.4 Å². The Hall–Kier alpha value is -1.95.